The van der Waals surface area contributed by atoms with Gasteiger partial charge in [0.2, 0.25) is 17.1 Å². The van der Waals surface area contributed by atoms with E-state index in [1.165, 1.54) is 19.4 Å². The van der Waals surface area contributed by atoms with E-state index in [1.807, 2.05) is 0 Å². The fourth-order valence-electron chi connectivity index (χ4n) is 2.82. The summed E-state index contributed by atoms with van der Waals surface area (Å²) in [6.45, 7) is 3.20. The molecule has 162 valence electrons. The van der Waals surface area contributed by atoms with Gasteiger partial charge >= 0.3 is 6.18 Å². The minimum absolute atomic E-state index is 0.0951. The molecule has 0 saturated heterocycles. The minimum Gasteiger partial charge on any atom is -0.481 e. The summed E-state index contributed by atoms with van der Waals surface area (Å²) >= 11 is 5.69. The van der Waals surface area contributed by atoms with Crippen LogP contribution in [0.15, 0.2) is 36.5 Å². The second kappa shape index (κ2) is 8.38. The summed E-state index contributed by atoms with van der Waals surface area (Å²) < 4.78 is 52.0. The van der Waals surface area contributed by atoms with E-state index < -0.39 is 17.0 Å². The number of methoxy groups -OCH3 is 1. The molecule has 0 radical (unpaired) electrons. The number of aromatic nitrogens is 3. The lowest BCUT2D eigenvalue weighted by Crippen LogP contribution is -2.29. The lowest BCUT2D eigenvalue weighted by molar-refractivity contribution is -0.137. The number of pyridine rings is 1. The van der Waals surface area contributed by atoms with Crippen molar-refractivity contribution >= 4 is 16.9 Å². The number of rotatable bonds is 4. The van der Waals surface area contributed by atoms with Crippen molar-refractivity contribution < 1.29 is 22.6 Å². The number of alkyl halides is 3. The molecule has 0 atom stereocenters. The van der Waals surface area contributed by atoms with Gasteiger partial charge in [0.25, 0.3) is 0 Å². The van der Waals surface area contributed by atoms with Gasteiger partial charge in [0.1, 0.15) is 5.75 Å². The van der Waals surface area contributed by atoms with Crippen molar-refractivity contribution in [2.24, 2.45) is 0 Å². The summed E-state index contributed by atoms with van der Waals surface area (Å²) in [5.41, 5.74) is 0.475. The summed E-state index contributed by atoms with van der Waals surface area (Å²) in [5, 5.41) is 19.1. The maximum absolute atomic E-state index is 13.4. The number of nitrogens with zero attached hydrogens (tertiary/aromatic N) is 3. The van der Waals surface area contributed by atoms with Crippen LogP contribution >= 0.6 is 11.6 Å². The molecular formula is C20H17ClF3N5O2. The van der Waals surface area contributed by atoms with Crippen LogP contribution in [0.2, 0.25) is 0 Å². The molecule has 2 heterocycles. The number of hydrogen-bond donors (Lipinski definition) is 2. The fourth-order valence-corrected chi connectivity index (χ4v) is 2.94. The van der Waals surface area contributed by atoms with E-state index >= 15 is 0 Å². The fraction of sp³-hybridized carbons (Fsp3) is 0.200. The third-order valence-corrected chi connectivity index (χ3v) is 4.76. The topological polar surface area (TPSA) is 96.9 Å². The standard InChI is InChI=1S/C20H17ClF3N5O2/c1-10-11(2)17(28-29(16(10)25)19(21)26)31-15-9-12(20(22,23)24)6-7-13(15)14-5-4-8-27-18(14)30-3/h4-9,25-26H,1-3H3. The Morgan fingerprint density at radius 3 is 2.42 bits per heavy atom. The molecule has 0 unspecified atom stereocenters. The van der Waals surface area contributed by atoms with E-state index in [0.717, 1.165) is 16.8 Å². The van der Waals surface area contributed by atoms with E-state index in [1.54, 1.807) is 26.0 Å². The van der Waals surface area contributed by atoms with Gasteiger partial charge in [-0.25, -0.2) is 4.98 Å². The van der Waals surface area contributed by atoms with E-state index in [2.05, 4.69) is 10.1 Å². The van der Waals surface area contributed by atoms with Gasteiger partial charge in [-0.05, 0) is 55.8 Å². The van der Waals surface area contributed by atoms with Crippen molar-refractivity contribution in [3.8, 4) is 28.6 Å². The molecule has 3 rings (SSSR count). The van der Waals surface area contributed by atoms with Crippen molar-refractivity contribution in [1.82, 2.24) is 14.8 Å². The Morgan fingerprint density at radius 2 is 1.81 bits per heavy atom. The van der Waals surface area contributed by atoms with E-state index in [0.29, 0.717) is 22.3 Å². The molecule has 0 aliphatic rings. The van der Waals surface area contributed by atoms with Crippen LogP contribution in [0.25, 0.3) is 11.1 Å². The molecule has 0 spiro atoms. The van der Waals surface area contributed by atoms with Crippen LogP contribution in [-0.4, -0.2) is 27.2 Å². The molecule has 7 nitrogen and oxygen atoms in total. The highest BCUT2D eigenvalue weighted by atomic mass is 35.5. The first-order chi connectivity index (χ1) is 14.5. The largest absolute Gasteiger partial charge is 0.481 e. The van der Waals surface area contributed by atoms with Crippen LogP contribution in [0.4, 0.5) is 13.2 Å². The number of nitrogens with one attached hydrogen (secondary N) is 2. The van der Waals surface area contributed by atoms with E-state index in [4.69, 9.17) is 31.9 Å². The van der Waals surface area contributed by atoms with Crippen LogP contribution in [-0.2, 0) is 6.18 Å². The molecule has 0 fully saturated rings. The summed E-state index contributed by atoms with van der Waals surface area (Å²) in [7, 11) is 1.40. The van der Waals surface area contributed by atoms with Gasteiger partial charge < -0.3 is 9.47 Å². The highest BCUT2D eigenvalue weighted by molar-refractivity contribution is 6.64. The lowest BCUT2D eigenvalue weighted by atomic mass is 10.0. The molecule has 2 N–H and O–H groups in total. The Kier molecular flexibility index (Phi) is 6.03. The molecule has 2 aromatic heterocycles. The SMILES string of the molecule is COc1ncccc1-c1ccc(C(F)(F)F)cc1Oc1nn(C(=N)Cl)c(=N)c(C)c1C. The van der Waals surface area contributed by atoms with Crippen LogP contribution in [0.5, 0.6) is 17.5 Å². The first kappa shape index (κ1) is 22.3. The Morgan fingerprint density at radius 1 is 1.10 bits per heavy atom. The maximum atomic E-state index is 13.4. The first-order valence-corrected chi connectivity index (χ1v) is 9.20. The Labute approximate surface area is 180 Å². The molecule has 0 amide bonds. The zero-order valence-corrected chi connectivity index (χ0v) is 17.4. The van der Waals surface area contributed by atoms with Gasteiger partial charge in [-0.15, -0.1) is 5.10 Å². The lowest BCUT2D eigenvalue weighted by Gasteiger charge is -2.17. The predicted octanol–water partition coefficient (Wildman–Crippen LogP) is 4.88. The second-order valence-corrected chi connectivity index (χ2v) is 6.84. The van der Waals surface area contributed by atoms with Gasteiger partial charge in [-0.3, -0.25) is 10.8 Å². The van der Waals surface area contributed by atoms with Crippen molar-refractivity contribution in [1.29, 1.82) is 10.8 Å². The summed E-state index contributed by atoms with van der Waals surface area (Å²) in [6.07, 6.45) is -3.11. The molecule has 0 aliphatic carbocycles. The third-order valence-electron chi connectivity index (χ3n) is 4.60. The van der Waals surface area contributed by atoms with Crippen molar-refractivity contribution in [3.63, 3.8) is 0 Å². The van der Waals surface area contributed by atoms with Crippen molar-refractivity contribution in [2.45, 2.75) is 20.0 Å². The van der Waals surface area contributed by atoms with Gasteiger partial charge in [0.15, 0.2) is 5.49 Å². The highest BCUT2D eigenvalue weighted by Gasteiger charge is 2.32. The molecular weight excluding hydrogens is 435 g/mol. The summed E-state index contributed by atoms with van der Waals surface area (Å²) in [4.78, 5) is 4.08. The van der Waals surface area contributed by atoms with Crippen LogP contribution in [0.1, 0.15) is 16.7 Å². The Hall–Kier alpha value is -3.40. The van der Waals surface area contributed by atoms with Gasteiger partial charge in [0.05, 0.1) is 12.7 Å². The zero-order chi connectivity index (χ0) is 22.9. The zero-order valence-electron chi connectivity index (χ0n) is 16.6. The van der Waals surface area contributed by atoms with Crippen LogP contribution < -0.4 is 15.0 Å². The average Bonchev–Trinajstić information content (AvgIpc) is 2.73. The van der Waals surface area contributed by atoms with Gasteiger partial charge in [-0.2, -0.15) is 17.9 Å². The molecule has 0 aliphatic heterocycles. The smallest absolute Gasteiger partial charge is 0.416 e. The molecule has 0 bridgehead atoms. The molecule has 0 saturated carbocycles. The summed E-state index contributed by atoms with van der Waals surface area (Å²) in [6, 6.07) is 6.29. The second-order valence-electron chi connectivity index (χ2n) is 6.48. The van der Waals surface area contributed by atoms with Crippen LogP contribution in [0.3, 0.4) is 0 Å². The molecule has 31 heavy (non-hydrogen) atoms. The van der Waals surface area contributed by atoms with Gasteiger partial charge in [-0.1, -0.05) is 0 Å². The van der Waals surface area contributed by atoms with Crippen molar-refractivity contribution in [3.05, 3.63) is 58.7 Å². The predicted molar refractivity (Wildman–Crippen MR) is 108 cm³/mol. The van der Waals surface area contributed by atoms with Crippen molar-refractivity contribution in [2.75, 3.05) is 7.11 Å². The highest BCUT2D eigenvalue weighted by Crippen LogP contribution is 2.41. The Bertz CT molecular complexity index is 1220. The average molecular weight is 452 g/mol. The normalized spacial score (nSPS) is 11.3. The Balaban J connectivity index is 2.25. The third kappa shape index (κ3) is 4.38. The monoisotopic (exact) mass is 451 g/mol. The minimum atomic E-state index is -4.60. The quantitative estimate of drug-likeness (QED) is 0.436. The van der Waals surface area contributed by atoms with E-state index in [-0.39, 0.29) is 23.0 Å². The molecule has 1 aromatic carbocycles. The maximum Gasteiger partial charge on any atom is 0.416 e. The molecule has 3 aromatic rings. The van der Waals surface area contributed by atoms with Crippen LogP contribution in [0, 0.1) is 24.7 Å². The van der Waals surface area contributed by atoms with Gasteiger partial charge in [0, 0.05) is 28.5 Å². The number of benzene rings is 1. The van der Waals surface area contributed by atoms with E-state index in [9.17, 15) is 13.2 Å². The summed E-state index contributed by atoms with van der Waals surface area (Å²) in [5.74, 6) is -0.0454. The first-order valence-electron chi connectivity index (χ1n) is 8.82. The number of ether oxygens (including phenoxy) is 2. The number of hydrogen-bond acceptors (Lipinski definition) is 6. The number of halogens is 4. The molecule has 11 heteroatoms.